The SMILES string of the molecule is CCC(C)NC(=O)CN(CC)c1ccccc1N. The van der Waals surface area contributed by atoms with Crippen LogP contribution < -0.4 is 16.0 Å². The van der Waals surface area contributed by atoms with Crippen molar-refractivity contribution in [3.8, 4) is 0 Å². The van der Waals surface area contributed by atoms with Gasteiger partial charge < -0.3 is 16.0 Å². The maximum atomic E-state index is 11.9. The lowest BCUT2D eigenvalue weighted by Crippen LogP contribution is -2.41. The Hall–Kier alpha value is -1.71. The van der Waals surface area contributed by atoms with Crippen molar-refractivity contribution < 1.29 is 4.79 Å². The van der Waals surface area contributed by atoms with Crippen molar-refractivity contribution in [2.45, 2.75) is 33.2 Å². The molecule has 3 N–H and O–H groups in total. The number of hydrogen-bond donors (Lipinski definition) is 2. The van der Waals surface area contributed by atoms with Gasteiger partial charge in [-0.1, -0.05) is 19.1 Å². The van der Waals surface area contributed by atoms with Gasteiger partial charge in [0.05, 0.1) is 17.9 Å². The molecule has 0 heterocycles. The number of anilines is 2. The highest BCUT2D eigenvalue weighted by atomic mass is 16.2. The topological polar surface area (TPSA) is 58.4 Å². The fourth-order valence-corrected chi connectivity index (χ4v) is 1.74. The van der Waals surface area contributed by atoms with Gasteiger partial charge in [-0.25, -0.2) is 0 Å². The van der Waals surface area contributed by atoms with E-state index in [-0.39, 0.29) is 11.9 Å². The van der Waals surface area contributed by atoms with E-state index in [4.69, 9.17) is 5.73 Å². The van der Waals surface area contributed by atoms with Crippen molar-refractivity contribution >= 4 is 17.3 Å². The van der Waals surface area contributed by atoms with Crippen LogP contribution in [0, 0.1) is 0 Å². The van der Waals surface area contributed by atoms with Crippen molar-refractivity contribution in [2.75, 3.05) is 23.7 Å². The quantitative estimate of drug-likeness (QED) is 0.758. The van der Waals surface area contributed by atoms with Crippen LogP contribution in [0.25, 0.3) is 0 Å². The smallest absolute Gasteiger partial charge is 0.239 e. The molecule has 18 heavy (non-hydrogen) atoms. The Morgan fingerprint density at radius 1 is 1.39 bits per heavy atom. The summed E-state index contributed by atoms with van der Waals surface area (Å²) in [5, 5.41) is 2.96. The van der Waals surface area contributed by atoms with E-state index in [1.54, 1.807) is 0 Å². The molecule has 0 aromatic heterocycles. The van der Waals surface area contributed by atoms with Crippen LogP contribution in [-0.4, -0.2) is 25.0 Å². The molecule has 0 spiro atoms. The number of benzene rings is 1. The van der Waals surface area contributed by atoms with Gasteiger partial charge in [0.2, 0.25) is 5.91 Å². The third-order valence-corrected chi connectivity index (χ3v) is 3.01. The lowest BCUT2D eigenvalue weighted by molar-refractivity contribution is -0.120. The summed E-state index contributed by atoms with van der Waals surface area (Å²) in [5.41, 5.74) is 7.55. The second-order valence-corrected chi connectivity index (χ2v) is 4.45. The molecule has 0 saturated heterocycles. The summed E-state index contributed by atoms with van der Waals surface area (Å²) in [6, 6.07) is 7.83. The van der Waals surface area contributed by atoms with Gasteiger partial charge in [-0.05, 0) is 32.4 Å². The molecule has 0 aliphatic heterocycles. The summed E-state index contributed by atoms with van der Waals surface area (Å²) in [5.74, 6) is 0.0365. The van der Waals surface area contributed by atoms with Crippen LogP contribution >= 0.6 is 0 Å². The zero-order chi connectivity index (χ0) is 13.5. The molecular weight excluding hydrogens is 226 g/mol. The number of carbonyl (C=O) groups is 1. The largest absolute Gasteiger partial charge is 0.397 e. The van der Waals surface area contributed by atoms with Crippen LogP contribution in [0.1, 0.15) is 27.2 Å². The van der Waals surface area contributed by atoms with E-state index in [0.717, 1.165) is 18.7 Å². The molecule has 0 fully saturated rings. The first-order valence-electron chi connectivity index (χ1n) is 6.47. The Labute approximate surface area is 109 Å². The molecule has 1 aromatic carbocycles. The van der Waals surface area contributed by atoms with E-state index in [0.29, 0.717) is 12.2 Å². The Balaban J connectivity index is 2.68. The maximum Gasteiger partial charge on any atom is 0.239 e. The molecule has 1 aromatic rings. The number of likely N-dealkylation sites (N-methyl/N-ethyl adjacent to an activating group) is 1. The predicted octanol–water partition coefficient (Wildman–Crippen LogP) is 2.01. The maximum absolute atomic E-state index is 11.9. The van der Waals surface area contributed by atoms with Crippen molar-refractivity contribution in [1.29, 1.82) is 0 Å². The number of nitrogens with two attached hydrogens (primary N) is 1. The molecule has 1 atom stereocenters. The van der Waals surface area contributed by atoms with Gasteiger partial charge in [0.15, 0.2) is 0 Å². The molecule has 100 valence electrons. The Morgan fingerprint density at radius 3 is 2.61 bits per heavy atom. The molecule has 0 radical (unpaired) electrons. The summed E-state index contributed by atoms with van der Waals surface area (Å²) >= 11 is 0. The highest BCUT2D eigenvalue weighted by molar-refractivity contribution is 5.83. The van der Waals surface area contributed by atoms with Crippen LogP contribution in [0.15, 0.2) is 24.3 Å². The normalized spacial score (nSPS) is 11.9. The number of para-hydroxylation sites is 2. The van der Waals surface area contributed by atoms with Gasteiger partial charge in [0, 0.05) is 12.6 Å². The number of hydrogen-bond acceptors (Lipinski definition) is 3. The first-order valence-corrected chi connectivity index (χ1v) is 6.47. The number of nitrogen functional groups attached to an aromatic ring is 1. The standard InChI is InChI=1S/C14H23N3O/c1-4-11(3)16-14(18)10-17(5-2)13-9-7-6-8-12(13)15/h6-9,11H,4-5,10,15H2,1-3H3,(H,16,18). The monoisotopic (exact) mass is 249 g/mol. The summed E-state index contributed by atoms with van der Waals surface area (Å²) < 4.78 is 0. The number of rotatable bonds is 6. The van der Waals surface area contributed by atoms with E-state index >= 15 is 0 Å². The van der Waals surface area contributed by atoms with E-state index < -0.39 is 0 Å². The van der Waals surface area contributed by atoms with Gasteiger partial charge in [0.1, 0.15) is 0 Å². The molecule has 1 amide bonds. The third kappa shape index (κ3) is 3.95. The zero-order valence-electron chi connectivity index (χ0n) is 11.4. The van der Waals surface area contributed by atoms with Gasteiger partial charge in [-0.15, -0.1) is 0 Å². The van der Waals surface area contributed by atoms with Gasteiger partial charge in [-0.2, -0.15) is 0 Å². The fourth-order valence-electron chi connectivity index (χ4n) is 1.74. The van der Waals surface area contributed by atoms with Gasteiger partial charge >= 0.3 is 0 Å². The minimum Gasteiger partial charge on any atom is -0.397 e. The molecule has 1 rings (SSSR count). The van der Waals surface area contributed by atoms with E-state index in [1.165, 1.54) is 0 Å². The van der Waals surface area contributed by atoms with Gasteiger partial charge in [0.25, 0.3) is 0 Å². The minimum atomic E-state index is 0.0365. The van der Waals surface area contributed by atoms with Crippen LogP contribution in [0.5, 0.6) is 0 Å². The highest BCUT2D eigenvalue weighted by Gasteiger charge is 2.13. The van der Waals surface area contributed by atoms with Crippen molar-refractivity contribution in [3.05, 3.63) is 24.3 Å². The molecule has 0 saturated carbocycles. The van der Waals surface area contributed by atoms with Crippen molar-refractivity contribution in [1.82, 2.24) is 5.32 Å². The fraction of sp³-hybridized carbons (Fsp3) is 0.500. The van der Waals surface area contributed by atoms with E-state index in [2.05, 4.69) is 12.2 Å². The molecule has 0 aliphatic rings. The molecule has 4 heteroatoms. The predicted molar refractivity (Wildman–Crippen MR) is 76.6 cm³/mol. The van der Waals surface area contributed by atoms with E-state index in [9.17, 15) is 4.79 Å². The molecule has 1 unspecified atom stereocenters. The molecular formula is C14H23N3O. The Kier molecular flexibility index (Phi) is 5.49. The lowest BCUT2D eigenvalue weighted by Gasteiger charge is -2.24. The van der Waals surface area contributed by atoms with E-state index in [1.807, 2.05) is 43.0 Å². The second kappa shape index (κ2) is 6.89. The number of carbonyl (C=O) groups excluding carboxylic acids is 1. The highest BCUT2D eigenvalue weighted by Crippen LogP contribution is 2.21. The zero-order valence-corrected chi connectivity index (χ0v) is 11.4. The van der Waals surface area contributed by atoms with Crippen LogP contribution in [-0.2, 0) is 4.79 Å². The van der Waals surface area contributed by atoms with Crippen LogP contribution in [0.4, 0.5) is 11.4 Å². The second-order valence-electron chi connectivity index (χ2n) is 4.45. The average molecular weight is 249 g/mol. The molecule has 0 aliphatic carbocycles. The first-order chi connectivity index (χ1) is 8.58. The van der Waals surface area contributed by atoms with Crippen LogP contribution in [0.2, 0.25) is 0 Å². The molecule has 4 nitrogen and oxygen atoms in total. The third-order valence-electron chi connectivity index (χ3n) is 3.01. The number of amides is 1. The summed E-state index contributed by atoms with van der Waals surface area (Å²) in [7, 11) is 0. The summed E-state index contributed by atoms with van der Waals surface area (Å²) in [6.45, 7) is 7.17. The van der Waals surface area contributed by atoms with Gasteiger partial charge in [-0.3, -0.25) is 4.79 Å². The Morgan fingerprint density at radius 2 is 2.06 bits per heavy atom. The number of nitrogens with zero attached hydrogens (tertiary/aromatic N) is 1. The van der Waals surface area contributed by atoms with Crippen molar-refractivity contribution in [2.24, 2.45) is 0 Å². The minimum absolute atomic E-state index is 0.0365. The lowest BCUT2D eigenvalue weighted by atomic mass is 10.2. The van der Waals surface area contributed by atoms with Crippen LogP contribution in [0.3, 0.4) is 0 Å². The average Bonchev–Trinajstić information content (AvgIpc) is 2.36. The number of nitrogens with one attached hydrogen (secondary N) is 1. The first kappa shape index (κ1) is 14.4. The summed E-state index contributed by atoms with van der Waals surface area (Å²) in [4.78, 5) is 13.9. The molecule has 0 bridgehead atoms. The van der Waals surface area contributed by atoms with Crippen molar-refractivity contribution in [3.63, 3.8) is 0 Å². The summed E-state index contributed by atoms with van der Waals surface area (Å²) in [6.07, 6.45) is 0.936. The Bertz CT molecular complexity index is 392.